The molecule has 0 aliphatic carbocycles. The first-order valence-corrected chi connectivity index (χ1v) is 6.80. The van der Waals surface area contributed by atoms with Crippen LogP contribution in [0.3, 0.4) is 0 Å². The summed E-state index contributed by atoms with van der Waals surface area (Å²) >= 11 is 0. The van der Waals surface area contributed by atoms with Crippen molar-refractivity contribution in [2.45, 2.75) is 33.1 Å². The molecule has 3 heteroatoms. The number of imidazole rings is 1. The molecule has 0 spiro atoms. The number of fused-ring (bicyclic) bond motifs is 3. The van der Waals surface area contributed by atoms with E-state index < -0.39 is 0 Å². The number of hydrogen-bond donors (Lipinski definition) is 0. The predicted molar refractivity (Wildman–Crippen MR) is 74.5 cm³/mol. The zero-order valence-electron chi connectivity index (χ0n) is 11.4. The van der Waals surface area contributed by atoms with Crippen LogP contribution < -0.4 is 0 Å². The van der Waals surface area contributed by atoms with Crippen molar-refractivity contribution in [1.82, 2.24) is 9.55 Å². The van der Waals surface area contributed by atoms with E-state index >= 15 is 0 Å². The number of carbonyl (C=O) groups excluding carboxylic acids is 1. The van der Waals surface area contributed by atoms with Crippen LogP contribution in [0.4, 0.5) is 0 Å². The largest absolute Gasteiger partial charge is 0.303 e. The molecule has 0 saturated carbocycles. The van der Waals surface area contributed by atoms with E-state index in [-0.39, 0.29) is 11.7 Å². The summed E-state index contributed by atoms with van der Waals surface area (Å²) in [4.78, 5) is 15.9. The van der Waals surface area contributed by atoms with E-state index in [9.17, 15) is 4.79 Å². The number of ketones is 1. The van der Waals surface area contributed by atoms with E-state index in [4.69, 9.17) is 0 Å². The molecule has 0 fully saturated rings. The standard InChI is InChI=1S/C16H18N2O/c1-11(12(2)19)9-14-16-8-7-13-5-3-4-6-15(13)18(16)10-17-14/h3-6,10-11H,7-9H2,1-2H3. The van der Waals surface area contributed by atoms with Gasteiger partial charge in [-0.15, -0.1) is 0 Å². The minimum Gasteiger partial charge on any atom is -0.303 e. The maximum Gasteiger partial charge on any atom is 0.133 e. The Kier molecular flexibility index (Phi) is 2.97. The van der Waals surface area contributed by atoms with Gasteiger partial charge in [0.25, 0.3) is 0 Å². The van der Waals surface area contributed by atoms with Crippen molar-refractivity contribution >= 4 is 5.78 Å². The number of nitrogens with zero attached hydrogens (tertiary/aromatic N) is 2. The first-order valence-electron chi connectivity index (χ1n) is 6.80. The van der Waals surface area contributed by atoms with Crippen molar-refractivity contribution in [2.75, 3.05) is 0 Å². The average molecular weight is 254 g/mol. The molecule has 3 nitrogen and oxygen atoms in total. The van der Waals surface area contributed by atoms with Gasteiger partial charge in [0, 0.05) is 23.7 Å². The fourth-order valence-electron chi connectivity index (χ4n) is 2.70. The summed E-state index contributed by atoms with van der Waals surface area (Å²) in [5.74, 6) is 0.287. The highest BCUT2D eigenvalue weighted by Gasteiger charge is 2.21. The number of carbonyl (C=O) groups is 1. The van der Waals surface area contributed by atoms with Crippen LogP contribution in [-0.2, 0) is 24.1 Å². The summed E-state index contributed by atoms with van der Waals surface area (Å²) in [5.41, 5.74) is 4.96. The highest BCUT2D eigenvalue weighted by atomic mass is 16.1. The van der Waals surface area contributed by atoms with Gasteiger partial charge in [0.1, 0.15) is 5.78 Å². The molecule has 1 aromatic heterocycles. The molecule has 0 saturated heterocycles. The fraction of sp³-hybridized carbons (Fsp3) is 0.375. The Bertz CT molecular complexity index is 627. The third-order valence-corrected chi connectivity index (χ3v) is 4.03. The van der Waals surface area contributed by atoms with Gasteiger partial charge in [0.05, 0.1) is 12.0 Å². The topological polar surface area (TPSA) is 34.9 Å². The zero-order valence-corrected chi connectivity index (χ0v) is 11.4. The van der Waals surface area contributed by atoms with E-state index in [0.717, 1.165) is 25.0 Å². The number of benzene rings is 1. The highest BCUT2D eigenvalue weighted by Crippen LogP contribution is 2.27. The van der Waals surface area contributed by atoms with Gasteiger partial charge in [-0.25, -0.2) is 4.98 Å². The van der Waals surface area contributed by atoms with Gasteiger partial charge in [0.2, 0.25) is 0 Å². The second kappa shape index (κ2) is 4.65. The van der Waals surface area contributed by atoms with E-state index in [2.05, 4.69) is 33.8 Å². The summed E-state index contributed by atoms with van der Waals surface area (Å²) in [6, 6.07) is 8.46. The quantitative estimate of drug-likeness (QED) is 0.844. The molecule has 1 atom stereocenters. The summed E-state index contributed by atoms with van der Waals surface area (Å²) in [6.45, 7) is 3.63. The minimum atomic E-state index is 0.0526. The second-order valence-corrected chi connectivity index (χ2v) is 5.35. The molecule has 1 aromatic carbocycles. The highest BCUT2D eigenvalue weighted by molar-refractivity contribution is 5.78. The summed E-state index contributed by atoms with van der Waals surface area (Å²) in [5, 5.41) is 0. The van der Waals surface area contributed by atoms with Crippen LogP contribution in [0.1, 0.15) is 30.8 Å². The Morgan fingerprint density at radius 2 is 2.16 bits per heavy atom. The van der Waals surface area contributed by atoms with Crippen LogP contribution in [0.15, 0.2) is 30.6 Å². The van der Waals surface area contributed by atoms with Crippen LogP contribution >= 0.6 is 0 Å². The molecule has 2 aromatic rings. The van der Waals surface area contributed by atoms with Crippen molar-refractivity contribution in [3.63, 3.8) is 0 Å². The molecule has 0 bridgehead atoms. The Morgan fingerprint density at radius 1 is 1.37 bits per heavy atom. The van der Waals surface area contributed by atoms with Crippen LogP contribution in [-0.4, -0.2) is 15.3 Å². The number of aryl methyl sites for hydroxylation is 1. The molecule has 1 aliphatic rings. The van der Waals surface area contributed by atoms with E-state index in [1.54, 1.807) is 6.92 Å². The molecule has 0 N–H and O–H groups in total. The lowest BCUT2D eigenvalue weighted by Crippen LogP contribution is -2.15. The average Bonchev–Trinajstić information content (AvgIpc) is 2.82. The first-order chi connectivity index (χ1) is 9.16. The monoisotopic (exact) mass is 254 g/mol. The van der Waals surface area contributed by atoms with Crippen LogP contribution in [0.5, 0.6) is 0 Å². The maximum atomic E-state index is 11.4. The number of para-hydroxylation sites is 1. The molecule has 1 aliphatic heterocycles. The minimum absolute atomic E-state index is 0.0526. The van der Waals surface area contributed by atoms with Crippen LogP contribution in [0.25, 0.3) is 5.69 Å². The van der Waals surface area contributed by atoms with Crippen molar-refractivity contribution < 1.29 is 4.79 Å². The van der Waals surface area contributed by atoms with Gasteiger partial charge in [0.15, 0.2) is 0 Å². The van der Waals surface area contributed by atoms with E-state index in [1.165, 1.54) is 16.9 Å². The smallest absolute Gasteiger partial charge is 0.133 e. The summed E-state index contributed by atoms with van der Waals surface area (Å²) < 4.78 is 2.18. The van der Waals surface area contributed by atoms with Crippen molar-refractivity contribution in [3.8, 4) is 5.69 Å². The van der Waals surface area contributed by atoms with Gasteiger partial charge < -0.3 is 4.57 Å². The Labute approximate surface area is 113 Å². The van der Waals surface area contributed by atoms with Gasteiger partial charge in [-0.2, -0.15) is 0 Å². The van der Waals surface area contributed by atoms with Gasteiger partial charge in [-0.05, 0) is 31.4 Å². The normalized spacial score (nSPS) is 14.6. The predicted octanol–water partition coefficient (Wildman–Crippen LogP) is 2.74. The lowest BCUT2D eigenvalue weighted by atomic mass is 9.96. The number of rotatable bonds is 3. The Hall–Kier alpha value is -1.90. The Balaban J connectivity index is 1.97. The second-order valence-electron chi connectivity index (χ2n) is 5.35. The van der Waals surface area contributed by atoms with E-state index in [0.29, 0.717) is 0 Å². The maximum absolute atomic E-state index is 11.4. The molecule has 98 valence electrons. The van der Waals surface area contributed by atoms with Crippen molar-refractivity contribution in [3.05, 3.63) is 47.5 Å². The third kappa shape index (κ3) is 2.09. The van der Waals surface area contributed by atoms with Gasteiger partial charge >= 0.3 is 0 Å². The van der Waals surface area contributed by atoms with Gasteiger partial charge in [-0.3, -0.25) is 4.79 Å². The summed E-state index contributed by atoms with van der Waals surface area (Å²) in [6.07, 6.45) is 4.72. The molecule has 0 amide bonds. The molecule has 0 radical (unpaired) electrons. The molecular weight excluding hydrogens is 236 g/mol. The molecule has 1 unspecified atom stereocenters. The Morgan fingerprint density at radius 3 is 2.95 bits per heavy atom. The molecular formula is C16H18N2O. The lowest BCUT2D eigenvalue weighted by molar-refractivity contribution is -0.120. The molecule has 2 heterocycles. The molecule has 19 heavy (non-hydrogen) atoms. The molecule has 3 rings (SSSR count). The van der Waals surface area contributed by atoms with Crippen molar-refractivity contribution in [2.24, 2.45) is 5.92 Å². The SMILES string of the molecule is CC(=O)C(C)Cc1ncn2c1CCc1ccccc1-2. The fourth-order valence-corrected chi connectivity index (χ4v) is 2.70. The van der Waals surface area contributed by atoms with Crippen LogP contribution in [0.2, 0.25) is 0 Å². The first kappa shape index (κ1) is 12.2. The van der Waals surface area contributed by atoms with Gasteiger partial charge in [-0.1, -0.05) is 25.1 Å². The van der Waals surface area contributed by atoms with E-state index in [1.807, 2.05) is 13.3 Å². The third-order valence-electron chi connectivity index (χ3n) is 4.03. The zero-order chi connectivity index (χ0) is 13.4. The summed E-state index contributed by atoms with van der Waals surface area (Å²) in [7, 11) is 0. The van der Waals surface area contributed by atoms with Crippen molar-refractivity contribution in [1.29, 1.82) is 0 Å². The number of hydrogen-bond acceptors (Lipinski definition) is 2. The van der Waals surface area contributed by atoms with Crippen LogP contribution in [0, 0.1) is 5.92 Å². The number of aromatic nitrogens is 2. The number of Topliss-reactive ketones (excluding diaryl/α,β-unsaturated/α-hetero) is 1. The lowest BCUT2D eigenvalue weighted by Gasteiger charge is -2.19.